The van der Waals surface area contributed by atoms with Crippen LogP contribution in [-0.2, 0) is 4.79 Å². The third-order valence-corrected chi connectivity index (χ3v) is 6.83. The Morgan fingerprint density at radius 2 is 1.76 bits per heavy atom. The van der Waals surface area contributed by atoms with Gasteiger partial charge >= 0.3 is 0 Å². The van der Waals surface area contributed by atoms with Crippen molar-refractivity contribution in [1.29, 1.82) is 0 Å². The summed E-state index contributed by atoms with van der Waals surface area (Å²) in [5, 5.41) is 11.3. The number of hydrogen-bond acceptors (Lipinski definition) is 7. The molecule has 3 N–H and O–H groups in total. The zero-order valence-corrected chi connectivity index (χ0v) is 19.6. The van der Waals surface area contributed by atoms with Crippen LogP contribution >= 0.6 is 0 Å². The minimum Gasteiger partial charge on any atom is -0.324 e. The van der Waals surface area contributed by atoms with Gasteiger partial charge in [-0.05, 0) is 48.7 Å². The first-order chi connectivity index (χ1) is 18.2. The highest BCUT2D eigenvalue weighted by molar-refractivity contribution is 5.96. The number of nitrogens with one attached hydrogen (secondary N) is 3. The summed E-state index contributed by atoms with van der Waals surface area (Å²) in [6.45, 7) is 0. The van der Waals surface area contributed by atoms with Crippen LogP contribution < -0.4 is 5.32 Å². The van der Waals surface area contributed by atoms with Gasteiger partial charge in [-0.1, -0.05) is 6.42 Å². The summed E-state index contributed by atoms with van der Waals surface area (Å²) in [6, 6.07) is 9.74. The number of aromatic nitrogens is 8. The van der Waals surface area contributed by atoms with Crippen molar-refractivity contribution in [3.63, 3.8) is 0 Å². The zero-order valence-electron chi connectivity index (χ0n) is 19.6. The highest BCUT2D eigenvalue weighted by atomic mass is 16.1. The second-order valence-corrected chi connectivity index (χ2v) is 9.15. The summed E-state index contributed by atoms with van der Waals surface area (Å²) >= 11 is 0. The molecule has 0 bridgehead atoms. The second-order valence-electron chi connectivity index (χ2n) is 9.15. The van der Waals surface area contributed by atoms with Gasteiger partial charge in [0.2, 0.25) is 5.91 Å². The molecule has 0 aromatic carbocycles. The molecule has 1 saturated carbocycles. The van der Waals surface area contributed by atoms with Crippen molar-refractivity contribution in [1.82, 2.24) is 40.1 Å². The topological polar surface area (TPSA) is 138 Å². The molecule has 180 valence electrons. The molecular formula is C27H21N9O. The van der Waals surface area contributed by atoms with Crippen LogP contribution in [0, 0.1) is 5.92 Å². The molecule has 6 aromatic rings. The zero-order chi connectivity index (χ0) is 24.8. The lowest BCUT2D eigenvalue weighted by atomic mass is 9.85. The molecule has 6 heterocycles. The smallest absolute Gasteiger partial charge is 0.227 e. The first kappa shape index (κ1) is 21.3. The van der Waals surface area contributed by atoms with E-state index in [0.29, 0.717) is 28.5 Å². The number of fused-ring (bicyclic) bond motifs is 2. The lowest BCUT2D eigenvalue weighted by Gasteiger charge is -2.24. The summed E-state index contributed by atoms with van der Waals surface area (Å²) in [5.74, 6) is 0.752. The predicted molar refractivity (Wildman–Crippen MR) is 139 cm³/mol. The maximum atomic E-state index is 12.4. The van der Waals surface area contributed by atoms with Crippen molar-refractivity contribution in [2.24, 2.45) is 5.92 Å². The number of rotatable bonds is 5. The Kier molecular flexibility index (Phi) is 4.95. The quantitative estimate of drug-likeness (QED) is 0.319. The molecule has 7 rings (SSSR count). The van der Waals surface area contributed by atoms with Gasteiger partial charge in [-0.2, -0.15) is 5.10 Å². The molecule has 0 unspecified atom stereocenters. The lowest BCUT2D eigenvalue weighted by Crippen LogP contribution is -2.28. The van der Waals surface area contributed by atoms with E-state index in [0.717, 1.165) is 52.4 Å². The highest BCUT2D eigenvalue weighted by Crippen LogP contribution is 2.32. The molecular weight excluding hydrogens is 466 g/mol. The maximum Gasteiger partial charge on any atom is 0.227 e. The standard InChI is InChI=1S/C27H21N9O/c37-27(16-2-1-3-16)32-19-10-17(12-29-14-19)18-11-21-23(35-36-24(21)31-13-18)26-33-22-20(6-9-30-25(22)34-26)15-4-7-28-8-5-15/h4-14,16H,1-3H2,(H,32,37)(H,30,33,34)(H,31,35,36). The molecule has 37 heavy (non-hydrogen) atoms. The van der Waals surface area contributed by atoms with E-state index in [2.05, 4.69) is 40.4 Å². The van der Waals surface area contributed by atoms with Gasteiger partial charge in [0.1, 0.15) is 11.2 Å². The van der Waals surface area contributed by atoms with Gasteiger partial charge in [0.05, 0.1) is 17.3 Å². The van der Waals surface area contributed by atoms with Gasteiger partial charge < -0.3 is 10.3 Å². The van der Waals surface area contributed by atoms with Crippen LogP contribution in [0.15, 0.2) is 67.5 Å². The van der Waals surface area contributed by atoms with Crippen LogP contribution in [0.5, 0.6) is 0 Å². The number of hydrogen-bond donors (Lipinski definition) is 3. The normalized spacial score (nSPS) is 13.6. The summed E-state index contributed by atoms with van der Waals surface area (Å²) < 4.78 is 0. The van der Waals surface area contributed by atoms with Crippen LogP contribution in [-0.4, -0.2) is 46.0 Å². The van der Waals surface area contributed by atoms with Gasteiger partial charge in [-0.15, -0.1) is 0 Å². The van der Waals surface area contributed by atoms with Gasteiger partial charge in [-0.25, -0.2) is 15.0 Å². The number of carbonyl (C=O) groups is 1. The number of aromatic amines is 2. The first-order valence-corrected chi connectivity index (χ1v) is 12.1. The van der Waals surface area contributed by atoms with E-state index >= 15 is 0 Å². The Hall–Kier alpha value is -4.99. The van der Waals surface area contributed by atoms with Gasteiger partial charge in [0.15, 0.2) is 17.1 Å². The molecule has 0 radical (unpaired) electrons. The molecule has 1 fully saturated rings. The Bertz CT molecular complexity index is 1770. The second kappa shape index (κ2) is 8.59. The highest BCUT2D eigenvalue weighted by Gasteiger charge is 2.25. The van der Waals surface area contributed by atoms with E-state index in [1.165, 1.54) is 0 Å². The van der Waals surface area contributed by atoms with E-state index in [9.17, 15) is 4.79 Å². The lowest BCUT2D eigenvalue weighted by molar-refractivity contribution is -0.122. The van der Waals surface area contributed by atoms with Crippen molar-refractivity contribution in [3.05, 3.63) is 67.5 Å². The van der Waals surface area contributed by atoms with E-state index < -0.39 is 0 Å². The van der Waals surface area contributed by atoms with Gasteiger partial charge in [-0.3, -0.25) is 19.9 Å². The van der Waals surface area contributed by atoms with E-state index in [-0.39, 0.29) is 11.8 Å². The first-order valence-electron chi connectivity index (χ1n) is 12.1. The number of carbonyl (C=O) groups excluding carboxylic acids is 1. The molecule has 0 spiro atoms. The summed E-state index contributed by atoms with van der Waals surface area (Å²) in [6.07, 6.45) is 13.5. The third-order valence-electron chi connectivity index (χ3n) is 6.83. The molecule has 1 aliphatic carbocycles. The molecule has 10 nitrogen and oxygen atoms in total. The number of H-pyrrole nitrogens is 2. The maximum absolute atomic E-state index is 12.4. The Morgan fingerprint density at radius 3 is 2.59 bits per heavy atom. The molecule has 1 aliphatic rings. The molecule has 0 aliphatic heterocycles. The van der Waals surface area contributed by atoms with E-state index in [1.54, 1.807) is 37.2 Å². The van der Waals surface area contributed by atoms with Crippen LogP contribution in [0.1, 0.15) is 19.3 Å². The summed E-state index contributed by atoms with van der Waals surface area (Å²) in [7, 11) is 0. The minimum absolute atomic E-state index is 0.0560. The average molecular weight is 488 g/mol. The van der Waals surface area contributed by atoms with Crippen molar-refractivity contribution in [3.8, 4) is 33.8 Å². The SMILES string of the molecule is O=C(Nc1cncc(-c2cnc3[nH]nc(-c4nc5c(-c6ccncc6)ccnc5[nH]4)c3c2)c1)C1CCC1. The molecule has 0 atom stereocenters. The van der Waals surface area contributed by atoms with E-state index in [1.807, 2.05) is 30.3 Å². The molecule has 1 amide bonds. The molecule has 0 saturated heterocycles. The van der Waals surface area contributed by atoms with Crippen LogP contribution in [0.25, 0.3) is 56.0 Å². The van der Waals surface area contributed by atoms with Crippen molar-refractivity contribution in [2.45, 2.75) is 19.3 Å². The number of anilines is 1. The monoisotopic (exact) mass is 487 g/mol. The van der Waals surface area contributed by atoms with Crippen molar-refractivity contribution < 1.29 is 4.79 Å². The van der Waals surface area contributed by atoms with Crippen molar-refractivity contribution in [2.75, 3.05) is 5.32 Å². The number of amides is 1. The molecule has 6 aromatic heterocycles. The fourth-order valence-corrected chi connectivity index (χ4v) is 4.61. The third kappa shape index (κ3) is 3.79. The predicted octanol–water partition coefficient (Wildman–Crippen LogP) is 4.76. The van der Waals surface area contributed by atoms with Gasteiger partial charge in [0.25, 0.3) is 0 Å². The Balaban J connectivity index is 1.26. The van der Waals surface area contributed by atoms with Crippen LogP contribution in [0.2, 0.25) is 0 Å². The van der Waals surface area contributed by atoms with Gasteiger partial charge in [0, 0.05) is 53.6 Å². The van der Waals surface area contributed by atoms with Crippen LogP contribution in [0.3, 0.4) is 0 Å². The number of imidazole rings is 1. The fraction of sp³-hybridized carbons (Fsp3) is 0.148. The Morgan fingerprint density at radius 1 is 0.892 bits per heavy atom. The van der Waals surface area contributed by atoms with Crippen LogP contribution in [0.4, 0.5) is 5.69 Å². The number of nitrogens with zero attached hydrogens (tertiary/aromatic N) is 6. The fourth-order valence-electron chi connectivity index (χ4n) is 4.61. The Labute approximate surface area is 210 Å². The molecule has 10 heteroatoms. The summed E-state index contributed by atoms with van der Waals surface area (Å²) in [5.41, 5.74) is 7.05. The average Bonchev–Trinajstić information content (AvgIpc) is 3.52. The van der Waals surface area contributed by atoms with Crippen molar-refractivity contribution >= 4 is 33.8 Å². The largest absolute Gasteiger partial charge is 0.324 e. The number of pyridine rings is 4. The summed E-state index contributed by atoms with van der Waals surface area (Å²) in [4.78, 5) is 38.0. The minimum atomic E-state index is 0.0560. The van der Waals surface area contributed by atoms with E-state index in [4.69, 9.17) is 4.98 Å².